The predicted octanol–water partition coefficient (Wildman–Crippen LogP) is 1.07. The van der Waals surface area contributed by atoms with Crippen LogP contribution in [-0.2, 0) is 10.8 Å². The van der Waals surface area contributed by atoms with E-state index in [1.165, 1.54) is 0 Å². The summed E-state index contributed by atoms with van der Waals surface area (Å²) >= 11 is 0. The lowest BCUT2D eigenvalue weighted by Gasteiger charge is -2.25. The highest BCUT2D eigenvalue weighted by Gasteiger charge is 2.34. The molecule has 1 atom stereocenters. The zero-order valence-electron chi connectivity index (χ0n) is 6.84. The van der Waals surface area contributed by atoms with Crippen LogP contribution >= 0.6 is 0 Å². The first-order valence-corrected chi connectivity index (χ1v) is 4.74. The third kappa shape index (κ3) is 0.594. The van der Waals surface area contributed by atoms with Gasteiger partial charge in [-0.05, 0) is 25.0 Å². The minimum absolute atomic E-state index is 0.0957. The number of phenolic OH excluding ortho intramolecular Hbond substituents is 1. The van der Waals surface area contributed by atoms with E-state index in [1.54, 1.807) is 6.92 Å². The summed E-state index contributed by atoms with van der Waals surface area (Å²) in [5, 5.41) is 9.51. The molecule has 0 spiro atoms. The van der Waals surface area contributed by atoms with E-state index in [0.717, 1.165) is 11.1 Å². The molecular formula is C8H9NO2S. The Balaban J connectivity index is 2.90. The molecule has 1 unspecified atom stereocenters. The van der Waals surface area contributed by atoms with Crippen LogP contribution in [0.4, 0.5) is 5.69 Å². The summed E-state index contributed by atoms with van der Waals surface area (Å²) < 4.78 is 11.3. The van der Waals surface area contributed by atoms with Crippen molar-refractivity contribution in [2.45, 2.75) is 23.6 Å². The van der Waals surface area contributed by atoms with Gasteiger partial charge in [-0.25, -0.2) is 4.21 Å². The van der Waals surface area contributed by atoms with Gasteiger partial charge < -0.3 is 10.8 Å². The van der Waals surface area contributed by atoms with E-state index in [4.69, 9.17) is 5.73 Å². The van der Waals surface area contributed by atoms with Crippen molar-refractivity contribution in [3.8, 4) is 5.75 Å². The molecule has 2 heterocycles. The van der Waals surface area contributed by atoms with Crippen LogP contribution < -0.4 is 5.73 Å². The zero-order valence-corrected chi connectivity index (χ0v) is 7.66. The standard InChI is InChI=1S/C8H9NO2S/c1-3-4(2)7-5(9)8(6(3)10)12(7)11/h10H,9H2,1-2H3. The first-order valence-electron chi connectivity index (χ1n) is 3.59. The molecule has 12 heavy (non-hydrogen) atoms. The van der Waals surface area contributed by atoms with E-state index in [9.17, 15) is 9.32 Å². The second-order valence-corrected chi connectivity index (χ2v) is 4.29. The number of anilines is 1. The highest BCUT2D eigenvalue weighted by Crippen LogP contribution is 2.48. The first kappa shape index (κ1) is 7.61. The highest BCUT2D eigenvalue weighted by atomic mass is 32.2. The van der Waals surface area contributed by atoms with Gasteiger partial charge in [-0.15, -0.1) is 0 Å². The summed E-state index contributed by atoms with van der Waals surface area (Å²) in [5.74, 6) is 0.0957. The molecule has 2 bridgehead atoms. The van der Waals surface area contributed by atoms with Gasteiger partial charge in [0.1, 0.15) is 10.6 Å². The largest absolute Gasteiger partial charge is 0.506 e. The maximum atomic E-state index is 11.3. The Morgan fingerprint density at radius 2 is 1.83 bits per heavy atom. The Hall–Kier alpha value is -1.03. The van der Waals surface area contributed by atoms with Crippen molar-refractivity contribution in [2.75, 3.05) is 5.73 Å². The van der Waals surface area contributed by atoms with Crippen molar-refractivity contribution >= 4 is 16.5 Å². The number of benzene rings is 1. The van der Waals surface area contributed by atoms with Gasteiger partial charge in [0.05, 0.1) is 21.4 Å². The number of hydrogen-bond donors (Lipinski definition) is 2. The van der Waals surface area contributed by atoms with Crippen molar-refractivity contribution in [3.05, 3.63) is 11.1 Å². The molecular weight excluding hydrogens is 174 g/mol. The molecule has 0 radical (unpaired) electrons. The minimum atomic E-state index is -1.17. The van der Waals surface area contributed by atoms with Gasteiger partial charge in [-0.1, -0.05) is 0 Å². The van der Waals surface area contributed by atoms with E-state index in [1.807, 2.05) is 6.92 Å². The third-order valence-electron chi connectivity index (χ3n) is 2.33. The van der Waals surface area contributed by atoms with E-state index in [-0.39, 0.29) is 5.75 Å². The number of fused-ring (bicyclic) bond motifs is 2. The first-order chi connectivity index (χ1) is 5.55. The Kier molecular flexibility index (Phi) is 1.28. The van der Waals surface area contributed by atoms with Gasteiger partial charge in [-0.3, -0.25) is 0 Å². The van der Waals surface area contributed by atoms with Gasteiger partial charge in [-0.2, -0.15) is 0 Å². The van der Waals surface area contributed by atoms with Crippen LogP contribution in [0.5, 0.6) is 5.75 Å². The van der Waals surface area contributed by atoms with Crippen LogP contribution in [0.1, 0.15) is 11.1 Å². The lowest BCUT2D eigenvalue weighted by atomic mass is 10.1. The van der Waals surface area contributed by atoms with Crippen LogP contribution in [-0.4, -0.2) is 9.32 Å². The fourth-order valence-corrected chi connectivity index (χ4v) is 2.85. The molecule has 0 saturated heterocycles. The lowest BCUT2D eigenvalue weighted by molar-refractivity contribution is 0.453. The molecule has 0 amide bonds. The van der Waals surface area contributed by atoms with Crippen molar-refractivity contribution < 1.29 is 9.32 Å². The maximum Gasteiger partial charge on any atom is 0.137 e. The van der Waals surface area contributed by atoms with Crippen LogP contribution in [0.25, 0.3) is 0 Å². The summed E-state index contributed by atoms with van der Waals surface area (Å²) in [6.07, 6.45) is 0. The van der Waals surface area contributed by atoms with E-state index >= 15 is 0 Å². The average molecular weight is 183 g/mol. The number of rotatable bonds is 0. The molecule has 4 heteroatoms. The maximum absolute atomic E-state index is 11.3. The quantitative estimate of drug-likeness (QED) is 0.600. The molecule has 0 aliphatic carbocycles. The number of hydrogen-bond acceptors (Lipinski definition) is 3. The third-order valence-corrected chi connectivity index (χ3v) is 4.01. The monoisotopic (exact) mass is 183 g/mol. The van der Waals surface area contributed by atoms with Crippen molar-refractivity contribution in [1.29, 1.82) is 0 Å². The average Bonchev–Trinajstić information content (AvgIpc) is 2.00. The Bertz CT molecular complexity index is 379. The minimum Gasteiger partial charge on any atom is -0.506 e. The molecule has 3 N–H and O–H groups in total. The van der Waals surface area contributed by atoms with Crippen molar-refractivity contribution in [3.63, 3.8) is 0 Å². The molecule has 3 rings (SSSR count). The van der Waals surface area contributed by atoms with Gasteiger partial charge in [0, 0.05) is 0 Å². The molecule has 64 valence electrons. The summed E-state index contributed by atoms with van der Waals surface area (Å²) in [6, 6.07) is 0. The molecule has 1 aromatic rings. The SMILES string of the molecule is Cc1c(C)c2c(N)c(c1O)S2=O. The number of phenols is 1. The molecule has 1 aromatic carbocycles. The van der Waals surface area contributed by atoms with E-state index < -0.39 is 10.8 Å². The zero-order chi connectivity index (χ0) is 9.04. The Morgan fingerprint density at radius 3 is 2.25 bits per heavy atom. The Labute approximate surface area is 72.7 Å². The van der Waals surface area contributed by atoms with Crippen LogP contribution in [0.2, 0.25) is 0 Å². The topological polar surface area (TPSA) is 63.3 Å². The normalized spacial score (nSPS) is 19.0. The lowest BCUT2D eigenvalue weighted by Crippen LogP contribution is -2.16. The summed E-state index contributed by atoms with van der Waals surface area (Å²) in [7, 11) is -1.17. The number of nitrogen functional groups attached to an aromatic ring is 1. The molecule has 0 saturated carbocycles. The summed E-state index contributed by atoms with van der Waals surface area (Å²) in [5.41, 5.74) is 7.72. The second kappa shape index (κ2) is 2.01. The number of nitrogens with two attached hydrogens (primary N) is 1. The van der Waals surface area contributed by atoms with Crippen molar-refractivity contribution in [2.24, 2.45) is 0 Å². The van der Waals surface area contributed by atoms with Crippen LogP contribution in [0.3, 0.4) is 0 Å². The van der Waals surface area contributed by atoms with Gasteiger partial charge in [0.15, 0.2) is 0 Å². The van der Waals surface area contributed by atoms with Gasteiger partial charge in [0.2, 0.25) is 0 Å². The fraction of sp³-hybridized carbons (Fsp3) is 0.250. The summed E-state index contributed by atoms with van der Waals surface area (Å²) in [4.78, 5) is 1.11. The molecule has 0 aromatic heterocycles. The van der Waals surface area contributed by atoms with Crippen molar-refractivity contribution in [1.82, 2.24) is 0 Å². The smallest absolute Gasteiger partial charge is 0.137 e. The van der Waals surface area contributed by atoms with Gasteiger partial charge in [0.25, 0.3) is 0 Å². The molecule has 0 fully saturated rings. The predicted molar refractivity (Wildman–Crippen MR) is 46.7 cm³/mol. The van der Waals surface area contributed by atoms with E-state index in [0.29, 0.717) is 15.5 Å². The number of aromatic hydroxyl groups is 1. The highest BCUT2D eigenvalue weighted by molar-refractivity contribution is 7.87. The second-order valence-electron chi connectivity index (χ2n) is 2.94. The fourth-order valence-electron chi connectivity index (χ4n) is 1.43. The Morgan fingerprint density at radius 1 is 1.25 bits per heavy atom. The molecule has 3 nitrogen and oxygen atoms in total. The molecule has 2 aliphatic heterocycles. The van der Waals surface area contributed by atoms with E-state index in [2.05, 4.69) is 0 Å². The summed E-state index contributed by atoms with van der Waals surface area (Å²) in [6.45, 7) is 3.62. The van der Waals surface area contributed by atoms with Crippen LogP contribution in [0, 0.1) is 13.8 Å². The molecule has 2 aliphatic rings. The van der Waals surface area contributed by atoms with Gasteiger partial charge >= 0.3 is 0 Å². The van der Waals surface area contributed by atoms with Crippen LogP contribution in [0.15, 0.2) is 9.79 Å².